The molecule has 4 rings (SSSR count). The second-order valence-corrected chi connectivity index (χ2v) is 9.41. The molecule has 1 saturated carbocycles. The molecule has 2 N–H and O–H groups in total. The Morgan fingerprint density at radius 1 is 1.14 bits per heavy atom. The van der Waals surface area contributed by atoms with Gasteiger partial charge in [0.1, 0.15) is 17.3 Å². The summed E-state index contributed by atoms with van der Waals surface area (Å²) < 4.78 is 11.2. The number of carbonyl (C=O) groups excluding carboxylic acids is 3. The monoisotopic (exact) mass is 495 g/mol. The normalized spacial score (nSPS) is 14.3. The van der Waals surface area contributed by atoms with Crippen LogP contribution in [-0.2, 0) is 9.59 Å². The maximum absolute atomic E-state index is 13.6. The highest BCUT2D eigenvalue weighted by molar-refractivity contribution is 7.12. The second kappa shape index (κ2) is 11.2. The van der Waals surface area contributed by atoms with Crippen LogP contribution in [0, 0.1) is 6.92 Å². The third-order valence-corrected chi connectivity index (χ3v) is 6.85. The molecule has 9 heteroatoms. The van der Waals surface area contributed by atoms with E-state index in [2.05, 4.69) is 10.6 Å². The molecule has 3 aromatic rings. The predicted octanol–water partition coefficient (Wildman–Crippen LogP) is 4.22. The number of ether oxygens (including phenoxy) is 1. The number of carbonyl (C=O) groups is 3. The number of benzene rings is 1. The first kappa shape index (κ1) is 24.5. The molecule has 35 heavy (non-hydrogen) atoms. The number of furan rings is 1. The number of hydrogen-bond donors (Lipinski definition) is 2. The number of rotatable bonds is 9. The van der Waals surface area contributed by atoms with Crippen LogP contribution < -0.4 is 20.3 Å². The highest BCUT2D eigenvalue weighted by atomic mass is 32.1. The summed E-state index contributed by atoms with van der Waals surface area (Å²) in [5.41, 5.74) is 0.459. The molecule has 2 aromatic heterocycles. The van der Waals surface area contributed by atoms with E-state index in [1.807, 2.05) is 0 Å². The van der Waals surface area contributed by atoms with Gasteiger partial charge in [-0.1, -0.05) is 25.0 Å². The van der Waals surface area contributed by atoms with Gasteiger partial charge in [-0.25, -0.2) is 0 Å². The van der Waals surface area contributed by atoms with E-state index in [-0.39, 0.29) is 24.4 Å². The molecule has 0 aliphatic heterocycles. The molecule has 0 saturated heterocycles. The Morgan fingerprint density at radius 2 is 1.94 bits per heavy atom. The van der Waals surface area contributed by atoms with Crippen LogP contribution in [0.15, 0.2) is 58.3 Å². The first-order chi connectivity index (χ1) is 17.0. The van der Waals surface area contributed by atoms with Gasteiger partial charge in [0.2, 0.25) is 5.91 Å². The number of thiophene rings is 1. The molecular weight excluding hydrogens is 466 g/mol. The Hall–Kier alpha value is -3.59. The highest BCUT2D eigenvalue weighted by Crippen LogP contribution is 2.32. The molecule has 1 aliphatic rings. The first-order valence-corrected chi connectivity index (χ1v) is 12.5. The molecule has 1 aromatic carbocycles. The van der Waals surface area contributed by atoms with Crippen molar-refractivity contribution in [3.05, 3.63) is 70.3 Å². The quantitative estimate of drug-likeness (QED) is 0.463. The summed E-state index contributed by atoms with van der Waals surface area (Å²) in [7, 11) is 1.53. The van der Waals surface area contributed by atoms with Crippen molar-refractivity contribution in [3.63, 3.8) is 0 Å². The molecule has 1 atom stereocenters. The van der Waals surface area contributed by atoms with E-state index in [1.54, 1.807) is 60.8 Å². The number of hydrogen-bond acceptors (Lipinski definition) is 6. The van der Waals surface area contributed by atoms with E-state index in [0.29, 0.717) is 27.8 Å². The van der Waals surface area contributed by atoms with Crippen LogP contribution in [0.3, 0.4) is 0 Å². The largest absolute Gasteiger partial charge is 0.497 e. The van der Waals surface area contributed by atoms with Gasteiger partial charge in [0, 0.05) is 17.8 Å². The predicted molar refractivity (Wildman–Crippen MR) is 134 cm³/mol. The minimum atomic E-state index is -1.05. The van der Waals surface area contributed by atoms with Crippen LogP contribution in [-0.4, -0.2) is 37.4 Å². The summed E-state index contributed by atoms with van der Waals surface area (Å²) in [4.78, 5) is 41.6. The summed E-state index contributed by atoms with van der Waals surface area (Å²) in [5, 5.41) is 7.57. The molecular formula is C26H29N3O5S. The van der Waals surface area contributed by atoms with E-state index < -0.39 is 11.9 Å². The zero-order valence-corrected chi connectivity index (χ0v) is 20.6. The third kappa shape index (κ3) is 5.92. The van der Waals surface area contributed by atoms with Gasteiger partial charge in [-0.05, 0) is 55.5 Å². The molecule has 1 aliphatic carbocycles. The maximum Gasteiger partial charge on any atom is 0.261 e. The molecule has 2 heterocycles. The topological polar surface area (TPSA) is 101 Å². The van der Waals surface area contributed by atoms with Crippen molar-refractivity contribution >= 4 is 34.7 Å². The highest BCUT2D eigenvalue weighted by Gasteiger charge is 2.36. The minimum Gasteiger partial charge on any atom is -0.497 e. The molecule has 3 amide bonds. The van der Waals surface area contributed by atoms with Gasteiger partial charge in [0.05, 0.1) is 18.5 Å². The van der Waals surface area contributed by atoms with Crippen LogP contribution in [0.1, 0.15) is 52.9 Å². The second-order valence-electron chi connectivity index (χ2n) is 8.47. The lowest BCUT2D eigenvalue weighted by Crippen LogP contribution is -2.49. The lowest BCUT2D eigenvalue weighted by atomic mass is 10.1. The SMILES string of the molecule is COc1cccc(N(C(=O)CNC(=O)c2cccs2)[C@H](C(=O)NC2CCCC2)c2ccc(C)o2)c1. The van der Waals surface area contributed by atoms with Crippen molar-refractivity contribution in [1.29, 1.82) is 0 Å². The Labute approximate surface area is 208 Å². The van der Waals surface area contributed by atoms with Crippen LogP contribution in [0.25, 0.3) is 0 Å². The molecule has 0 unspecified atom stereocenters. The Bertz CT molecular complexity index is 1170. The van der Waals surface area contributed by atoms with E-state index in [4.69, 9.17) is 9.15 Å². The van der Waals surface area contributed by atoms with Crippen molar-refractivity contribution in [1.82, 2.24) is 10.6 Å². The fourth-order valence-electron chi connectivity index (χ4n) is 4.26. The number of amides is 3. The van der Waals surface area contributed by atoms with Crippen LogP contribution in [0.4, 0.5) is 5.69 Å². The molecule has 184 valence electrons. The molecule has 8 nitrogen and oxygen atoms in total. The van der Waals surface area contributed by atoms with Crippen molar-refractivity contribution < 1.29 is 23.5 Å². The average molecular weight is 496 g/mol. The lowest BCUT2D eigenvalue weighted by Gasteiger charge is -2.31. The number of anilines is 1. The van der Waals surface area contributed by atoms with Gasteiger partial charge in [0.25, 0.3) is 11.8 Å². The van der Waals surface area contributed by atoms with Gasteiger partial charge >= 0.3 is 0 Å². The standard InChI is InChI=1S/C26H29N3O5S/c1-17-12-13-21(34-17)24(26(32)28-18-7-3-4-8-18)29(19-9-5-10-20(15-19)33-2)23(30)16-27-25(31)22-11-6-14-35-22/h5-6,9-15,18,24H,3-4,7-8,16H2,1-2H3,(H,27,31)(H,28,32)/t24-/m0/s1. The molecule has 0 bridgehead atoms. The van der Waals surface area contributed by atoms with Gasteiger partial charge in [0.15, 0.2) is 6.04 Å². The van der Waals surface area contributed by atoms with Crippen LogP contribution >= 0.6 is 11.3 Å². The Kier molecular flexibility index (Phi) is 7.87. The van der Waals surface area contributed by atoms with Gasteiger partial charge in [-0.2, -0.15) is 0 Å². The van der Waals surface area contributed by atoms with Gasteiger partial charge in [-0.3, -0.25) is 19.3 Å². The van der Waals surface area contributed by atoms with Crippen molar-refractivity contribution in [3.8, 4) is 5.75 Å². The zero-order chi connectivity index (χ0) is 24.8. The van der Waals surface area contributed by atoms with E-state index in [1.165, 1.54) is 23.3 Å². The zero-order valence-electron chi connectivity index (χ0n) is 19.8. The van der Waals surface area contributed by atoms with Crippen molar-refractivity contribution in [2.24, 2.45) is 0 Å². The minimum absolute atomic E-state index is 0.0573. The number of methoxy groups -OCH3 is 1. The summed E-state index contributed by atoms with van der Waals surface area (Å²) in [6, 6.07) is 12.9. The van der Waals surface area contributed by atoms with E-state index >= 15 is 0 Å². The van der Waals surface area contributed by atoms with Gasteiger partial charge < -0.3 is 19.8 Å². The third-order valence-electron chi connectivity index (χ3n) is 5.98. The van der Waals surface area contributed by atoms with Crippen LogP contribution in [0.2, 0.25) is 0 Å². The Balaban J connectivity index is 1.68. The summed E-state index contributed by atoms with van der Waals surface area (Å²) in [6.07, 6.45) is 3.92. The van der Waals surface area contributed by atoms with Crippen molar-refractivity contribution in [2.45, 2.75) is 44.7 Å². The summed E-state index contributed by atoms with van der Waals surface area (Å²) in [6.45, 7) is 1.50. The number of nitrogens with one attached hydrogen (secondary N) is 2. The summed E-state index contributed by atoms with van der Waals surface area (Å²) >= 11 is 1.29. The molecule has 0 radical (unpaired) electrons. The van der Waals surface area contributed by atoms with Crippen molar-refractivity contribution in [2.75, 3.05) is 18.6 Å². The van der Waals surface area contributed by atoms with Crippen LogP contribution in [0.5, 0.6) is 5.75 Å². The fourth-order valence-corrected chi connectivity index (χ4v) is 4.90. The van der Waals surface area contributed by atoms with Gasteiger partial charge in [-0.15, -0.1) is 11.3 Å². The number of aryl methyl sites for hydroxylation is 1. The fraction of sp³-hybridized carbons (Fsp3) is 0.346. The lowest BCUT2D eigenvalue weighted by molar-refractivity contribution is -0.127. The Morgan fingerprint density at radius 3 is 2.60 bits per heavy atom. The molecule has 0 spiro atoms. The maximum atomic E-state index is 13.6. The molecule has 1 fully saturated rings. The summed E-state index contributed by atoms with van der Waals surface area (Å²) in [5.74, 6) is 0.380. The number of nitrogens with zero attached hydrogens (tertiary/aromatic N) is 1. The van der Waals surface area contributed by atoms with E-state index in [9.17, 15) is 14.4 Å². The first-order valence-electron chi connectivity index (χ1n) is 11.6. The average Bonchev–Trinajstić information content (AvgIpc) is 3.64. The smallest absolute Gasteiger partial charge is 0.261 e. The van der Waals surface area contributed by atoms with E-state index in [0.717, 1.165) is 25.7 Å².